The van der Waals surface area contributed by atoms with Crippen molar-refractivity contribution < 1.29 is 14.6 Å². The minimum Gasteiger partial charge on any atom is -0.495 e. The molecule has 1 unspecified atom stereocenters. The Morgan fingerprint density at radius 2 is 2.19 bits per heavy atom. The molecule has 16 heavy (non-hydrogen) atoms. The van der Waals surface area contributed by atoms with Gasteiger partial charge in [0, 0.05) is 6.54 Å². The topological polar surface area (TPSA) is 49.8 Å². The molecule has 1 atom stereocenters. The predicted molar refractivity (Wildman–Crippen MR) is 60.6 cm³/mol. The van der Waals surface area contributed by atoms with Crippen LogP contribution in [0.15, 0.2) is 24.3 Å². The molecule has 1 heterocycles. The van der Waals surface area contributed by atoms with E-state index in [1.54, 1.807) is 12.0 Å². The van der Waals surface area contributed by atoms with E-state index in [-0.39, 0.29) is 5.91 Å². The van der Waals surface area contributed by atoms with E-state index in [9.17, 15) is 9.90 Å². The average Bonchev–Trinajstić information content (AvgIpc) is 2.33. The van der Waals surface area contributed by atoms with Crippen molar-refractivity contribution in [3.8, 4) is 5.75 Å². The first-order valence-electron chi connectivity index (χ1n) is 5.36. The molecule has 1 aromatic rings. The molecule has 86 valence electrons. The SMILES string of the molecule is COc1ccccc1N1CCCC(O)C1=O. The maximum Gasteiger partial charge on any atom is 0.255 e. The van der Waals surface area contributed by atoms with Gasteiger partial charge in [-0.05, 0) is 25.0 Å². The van der Waals surface area contributed by atoms with Gasteiger partial charge in [-0.3, -0.25) is 4.79 Å². The fraction of sp³-hybridized carbons (Fsp3) is 0.417. The number of hydrogen-bond acceptors (Lipinski definition) is 3. The lowest BCUT2D eigenvalue weighted by Crippen LogP contribution is -2.44. The summed E-state index contributed by atoms with van der Waals surface area (Å²) in [5.74, 6) is 0.417. The van der Waals surface area contributed by atoms with Gasteiger partial charge in [0.25, 0.3) is 5.91 Å². The van der Waals surface area contributed by atoms with Crippen LogP contribution in [-0.2, 0) is 4.79 Å². The van der Waals surface area contributed by atoms with E-state index in [4.69, 9.17) is 4.74 Å². The molecule has 2 rings (SSSR count). The van der Waals surface area contributed by atoms with Crippen molar-refractivity contribution in [1.29, 1.82) is 0 Å². The first-order chi connectivity index (χ1) is 7.74. The Balaban J connectivity index is 2.32. The largest absolute Gasteiger partial charge is 0.495 e. The van der Waals surface area contributed by atoms with E-state index >= 15 is 0 Å². The van der Waals surface area contributed by atoms with Gasteiger partial charge in [-0.2, -0.15) is 0 Å². The number of piperidine rings is 1. The minimum absolute atomic E-state index is 0.240. The van der Waals surface area contributed by atoms with Gasteiger partial charge in [0.15, 0.2) is 0 Å². The van der Waals surface area contributed by atoms with Gasteiger partial charge in [0.2, 0.25) is 0 Å². The van der Waals surface area contributed by atoms with Crippen LogP contribution in [0.4, 0.5) is 5.69 Å². The maximum absolute atomic E-state index is 11.8. The molecule has 0 aliphatic carbocycles. The molecule has 1 amide bonds. The summed E-state index contributed by atoms with van der Waals surface area (Å²) in [7, 11) is 1.57. The number of rotatable bonds is 2. The standard InChI is InChI=1S/C12H15NO3/c1-16-11-7-3-2-5-9(11)13-8-4-6-10(14)12(13)15/h2-3,5,7,10,14H,4,6,8H2,1H3. The van der Waals surface area contributed by atoms with Gasteiger partial charge in [0.05, 0.1) is 12.8 Å². The zero-order valence-corrected chi connectivity index (χ0v) is 9.22. The highest BCUT2D eigenvalue weighted by atomic mass is 16.5. The lowest BCUT2D eigenvalue weighted by atomic mass is 10.1. The number of benzene rings is 1. The predicted octanol–water partition coefficient (Wildman–Crippen LogP) is 1.18. The first-order valence-corrected chi connectivity index (χ1v) is 5.36. The summed E-state index contributed by atoms with van der Waals surface area (Å²) >= 11 is 0. The van der Waals surface area contributed by atoms with Crippen LogP contribution in [-0.4, -0.2) is 30.8 Å². The summed E-state index contributed by atoms with van der Waals surface area (Å²) in [5.41, 5.74) is 0.730. The van der Waals surface area contributed by atoms with Crippen LogP contribution >= 0.6 is 0 Å². The molecule has 0 radical (unpaired) electrons. The summed E-state index contributed by atoms with van der Waals surface area (Å²) < 4.78 is 5.21. The summed E-state index contributed by atoms with van der Waals surface area (Å²) in [6.07, 6.45) is 0.480. The van der Waals surface area contributed by atoms with Crippen LogP contribution < -0.4 is 9.64 Å². The van der Waals surface area contributed by atoms with Gasteiger partial charge in [-0.15, -0.1) is 0 Å². The van der Waals surface area contributed by atoms with Crippen LogP contribution in [0.2, 0.25) is 0 Å². The Hall–Kier alpha value is -1.55. The molecule has 0 saturated carbocycles. The van der Waals surface area contributed by atoms with Crippen LogP contribution in [0, 0.1) is 0 Å². The molecule has 1 aromatic carbocycles. The fourth-order valence-corrected chi connectivity index (χ4v) is 1.95. The molecular weight excluding hydrogens is 206 g/mol. The number of hydrogen-bond donors (Lipinski definition) is 1. The van der Waals surface area contributed by atoms with Gasteiger partial charge in [-0.25, -0.2) is 0 Å². The molecular formula is C12H15NO3. The molecule has 1 fully saturated rings. The van der Waals surface area contributed by atoms with E-state index in [2.05, 4.69) is 0 Å². The number of carbonyl (C=O) groups is 1. The zero-order valence-electron chi connectivity index (χ0n) is 9.22. The second kappa shape index (κ2) is 4.53. The quantitative estimate of drug-likeness (QED) is 0.816. The first kappa shape index (κ1) is 11.0. The lowest BCUT2D eigenvalue weighted by molar-refractivity contribution is -0.128. The van der Waals surface area contributed by atoms with E-state index in [0.717, 1.165) is 12.1 Å². The third-order valence-electron chi connectivity index (χ3n) is 2.79. The Morgan fingerprint density at radius 3 is 2.94 bits per heavy atom. The molecule has 0 spiro atoms. The number of carbonyl (C=O) groups excluding carboxylic acids is 1. The highest BCUT2D eigenvalue weighted by Gasteiger charge is 2.29. The summed E-state index contributed by atoms with van der Waals surface area (Å²) in [4.78, 5) is 13.4. The van der Waals surface area contributed by atoms with Crippen molar-refractivity contribution >= 4 is 11.6 Å². The average molecular weight is 221 g/mol. The van der Waals surface area contributed by atoms with Crippen molar-refractivity contribution in [3.05, 3.63) is 24.3 Å². The van der Waals surface area contributed by atoms with E-state index < -0.39 is 6.10 Å². The number of aliphatic hydroxyl groups is 1. The summed E-state index contributed by atoms with van der Waals surface area (Å²) in [5, 5.41) is 9.54. The summed E-state index contributed by atoms with van der Waals surface area (Å²) in [6.45, 7) is 0.635. The van der Waals surface area contributed by atoms with Gasteiger partial charge in [-0.1, -0.05) is 12.1 Å². The monoisotopic (exact) mass is 221 g/mol. The molecule has 0 bridgehead atoms. The normalized spacial score (nSPS) is 21.0. The number of para-hydroxylation sites is 2. The van der Waals surface area contributed by atoms with Crippen molar-refractivity contribution in [3.63, 3.8) is 0 Å². The smallest absolute Gasteiger partial charge is 0.255 e. The Labute approximate surface area is 94.4 Å². The van der Waals surface area contributed by atoms with Crippen LogP contribution in [0.1, 0.15) is 12.8 Å². The third kappa shape index (κ3) is 1.88. The van der Waals surface area contributed by atoms with E-state index in [1.165, 1.54) is 0 Å². The number of methoxy groups -OCH3 is 1. The highest BCUT2D eigenvalue weighted by Crippen LogP contribution is 2.30. The Morgan fingerprint density at radius 1 is 1.44 bits per heavy atom. The van der Waals surface area contributed by atoms with Crippen molar-refractivity contribution in [2.24, 2.45) is 0 Å². The maximum atomic E-state index is 11.8. The lowest BCUT2D eigenvalue weighted by Gasteiger charge is -2.30. The molecule has 4 nitrogen and oxygen atoms in total. The van der Waals surface area contributed by atoms with Crippen molar-refractivity contribution in [2.75, 3.05) is 18.6 Å². The fourth-order valence-electron chi connectivity index (χ4n) is 1.95. The number of aliphatic hydroxyl groups excluding tert-OH is 1. The van der Waals surface area contributed by atoms with Crippen LogP contribution in [0.3, 0.4) is 0 Å². The molecule has 1 N–H and O–H groups in total. The molecule has 4 heteroatoms. The molecule has 0 aromatic heterocycles. The van der Waals surface area contributed by atoms with E-state index in [1.807, 2.05) is 24.3 Å². The highest BCUT2D eigenvalue weighted by molar-refractivity contribution is 5.98. The molecule has 1 aliphatic rings. The Bertz CT molecular complexity index is 392. The number of ether oxygens (including phenoxy) is 1. The second-order valence-corrected chi connectivity index (χ2v) is 3.82. The van der Waals surface area contributed by atoms with Gasteiger partial charge in [0.1, 0.15) is 11.9 Å². The minimum atomic E-state index is -0.876. The third-order valence-corrected chi connectivity index (χ3v) is 2.79. The number of nitrogens with zero attached hydrogens (tertiary/aromatic N) is 1. The van der Waals surface area contributed by atoms with Crippen molar-refractivity contribution in [2.45, 2.75) is 18.9 Å². The number of anilines is 1. The molecule has 1 saturated heterocycles. The Kier molecular flexibility index (Phi) is 3.10. The van der Waals surface area contributed by atoms with Crippen LogP contribution in [0.25, 0.3) is 0 Å². The van der Waals surface area contributed by atoms with Gasteiger partial charge < -0.3 is 14.7 Å². The van der Waals surface area contributed by atoms with E-state index in [0.29, 0.717) is 18.7 Å². The molecule has 1 aliphatic heterocycles. The van der Waals surface area contributed by atoms with Gasteiger partial charge >= 0.3 is 0 Å². The summed E-state index contributed by atoms with van der Waals surface area (Å²) in [6, 6.07) is 7.34. The second-order valence-electron chi connectivity index (χ2n) is 3.82. The van der Waals surface area contributed by atoms with Crippen LogP contribution in [0.5, 0.6) is 5.75 Å². The number of amides is 1. The zero-order chi connectivity index (χ0) is 11.5. The van der Waals surface area contributed by atoms with Crippen molar-refractivity contribution in [1.82, 2.24) is 0 Å².